The van der Waals surface area contributed by atoms with Gasteiger partial charge in [-0.3, -0.25) is 9.78 Å². The Hall–Kier alpha value is -3.52. The predicted molar refractivity (Wildman–Crippen MR) is 138 cm³/mol. The van der Waals surface area contributed by atoms with Crippen molar-refractivity contribution < 1.29 is 0 Å². The minimum atomic E-state index is -0.0628. The van der Waals surface area contributed by atoms with Gasteiger partial charge in [0, 0.05) is 35.7 Å². The van der Waals surface area contributed by atoms with Gasteiger partial charge in [-0.05, 0) is 67.6 Å². The molecular weight excluding hydrogens is 438 g/mol. The van der Waals surface area contributed by atoms with Gasteiger partial charge in [0.25, 0.3) is 5.56 Å². The molecule has 4 aromatic rings. The third kappa shape index (κ3) is 3.91. The molecule has 1 aliphatic heterocycles. The van der Waals surface area contributed by atoms with E-state index in [-0.39, 0.29) is 17.0 Å². The molecule has 1 aliphatic carbocycles. The molecule has 0 amide bonds. The Morgan fingerprint density at radius 2 is 2.00 bits per heavy atom. The topological polar surface area (TPSA) is 89.7 Å². The highest BCUT2D eigenvalue weighted by Gasteiger charge is 2.31. The molecule has 180 valence electrons. The Bertz CT molecular complexity index is 1480. The summed E-state index contributed by atoms with van der Waals surface area (Å²) >= 11 is 0. The van der Waals surface area contributed by atoms with Crippen LogP contribution in [0.1, 0.15) is 62.9 Å². The number of nitrogens with one attached hydrogen (secondary N) is 2. The molecule has 0 saturated heterocycles. The number of hydrogen-bond acceptors (Lipinski definition) is 6. The van der Waals surface area contributed by atoms with Crippen molar-refractivity contribution in [1.29, 1.82) is 0 Å². The molecule has 0 unspecified atom stereocenters. The van der Waals surface area contributed by atoms with Crippen LogP contribution < -0.4 is 16.2 Å². The summed E-state index contributed by atoms with van der Waals surface area (Å²) in [6.07, 6.45) is 7.49. The Morgan fingerprint density at radius 3 is 2.80 bits per heavy atom. The molecule has 0 bridgehead atoms. The van der Waals surface area contributed by atoms with Crippen molar-refractivity contribution in [1.82, 2.24) is 29.6 Å². The molecule has 1 saturated carbocycles. The van der Waals surface area contributed by atoms with E-state index in [9.17, 15) is 4.79 Å². The number of nitrogens with zero attached hydrogens (tertiary/aromatic N) is 5. The summed E-state index contributed by atoms with van der Waals surface area (Å²) in [5, 5.41) is 7.31. The first-order valence-electron chi connectivity index (χ1n) is 12.5. The SMILES string of the molecule is CCC(C)(C)c1cc(-n2c3nc(Nc4ccc5c(c4)CNCC5)ncc3c(=O)n2C2CC2)ccn1. The minimum absolute atomic E-state index is 0.0398. The third-order valence-corrected chi connectivity index (χ3v) is 7.43. The van der Waals surface area contributed by atoms with Crippen LogP contribution in [0.25, 0.3) is 16.7 Å². The zero-order chi connectivity index (χ0) is 24.2. The van der Waals surface area contributed by atoms with E-state index in [4.69, 9.17) is 4.98 Å². The van der Waals surface area contributed by atoms with Gasteiger partial charge in [-0.25, -0.2) is 14.3 Å². The molecule has 2 N–H and O–H groups in total. The van der Waals surface area contributed by atoms with E-state index in [1.54, 1.807) is 6.20 Å². The molecule has 4 heterocycles. The second kappa shape index (κ2) is 8.30. The highest BCUT2D eigenvalue weighted by molar-refractivity contribution is 5.77. The van der Waals surface area contributed by atoms with Crippen molar-refractivity contribution in [3.8, 4) is 5.69 Å². The zero-order valence-electron chi connectivity index (χ0n) is 20.5. The molecule has 6 rings (SSSR count). The number of benzene rings is 1. The summed E-state index contributed by atoms with van der Waals surface area (Å²) in [5.74, 6) is 0.478. The highest BCUT2D eigenvalue weighted by Crippen LogP contribution is 2.36. The standard InChI is InChI=1S/C27H31N7O/c1-4-27(2,3)23-14-21(10-12-29-23)33-24-22(25(35)34(33)20-7-8-20)16-30-26(32-24)31-19-6-5-17-9-11-28-15-18(17)13-19/h5-6,10,12-14,16,20,28H,4,7-9,11,15H2,1-3H3,(H,30,31,32). The van der Waals surface area contributed by atoms with Crippen LogP contribution >= 0.6 is 0 Å². The number of anilines is 2. The molecule has 8 heteroatoms. The van der Waals surface area contributed by atoms with Gasteiger partial charge in [0.05, 0.1) is 11.7 Å². The summed E-state index contributed by atoms with van der Waals surface area (Å²) < 4.78 is 3.82. The second-order valence-corrected chi connectivity index (χ2v) is 10.3. The first-order valence-corrected chi connectivity index (χ1v) is 12.5. The molecule has 0 spiro atoms. The molecule has 8 nitrogen and oxygen atoms in total. The van der Waals surface area contributed by atoms with Crippen LogP contribution in [-0.4, -0.2) is 30.9 Å². The molecule has 0 radical (unpaired) electrons. The fourth-order valence-corrected chi connectivity index (χ4v) is 4.75. The average Bonchev–Trinajstić information content (AvgIpc) is 3.68. The van der Waals surface area contributed by atoms with Crippen LogP contribution in [-0.2, 0) is 18.4 Å². The molecule has 2 aliphatic rings. The van der Waals surface area contributed by atoms with Gasteiger partial charge < -0.3 is 10.6 Å². The first-order chi connectivity index (χ1) is 16.9. The number of aromatic nitrogens is 5. The Balaban J connectivity index is 1.46. The lowest BCUT2D eigenvalue weighted by atomic mass is 9.86. The van der Waals surface area contributed by atoms with Crippen molar-refractivity contribution >= 4 is 22.7 Å². The number of rotatable bonds is 6. The van der Waals surface area contributed by atoms with Crippen LogP contribution in [0.4, 0.5) is 11.6 Å². The van der Waals surface area contributed by atoms with Crippen molar-refractivity contribution in [3.05, 3.63) is 69.9 Å². The maximum absolute atomic E-state index is 13.4. The zero-order valence-corrected chi connectivity index (χ0v) is 20.5. The minimum Gasteiger partial charge on any atom is -0.324 e. The molecule has 1 aromatic carbocycles. The lowest BCUT2D eigenvalue weighted by molar-refractivity contribution is 0.488. The molecule has 1 fully saturated rings. The first kappa shape index (κ1) is 22.0. The molecule has 0 atom stereocenters. The summed E-state index contributed by atoms with van der Waals surface area (Å²) in [5.41, 5.74) is 6.04. The monoisotopic (exact) mass is 469 g/mol. The summed E-state index contributed by atoms with van der Waals surface area (Å²) in [6, 6.07) is 10.6. The molecular formula is C27H31N7O. The van der Waals surface area contributed by atoms with E-state index < -0.39 is 0 Å². The summed E-state index contributed by atoms with van der Waals surface area (Å²) in [6.45, 7) is 8.44. The van der Waals surface area contributed by atoms with Gasteiger partial charge in [0.2, 0.25) is 5.95 Å². The van der Waals surface area contributed by atoms with Gasteiger partial charge in [-0.15, -0.1) is 0 Å². The third-order valence-electron chi connectivity index (χ3n) is 7.43. The van der Waals surface area contributed by atoms with E-state index in [1.165, 1.54) is 11.1 Å². The maximum atomic E-state index is 13.4. The van der Waals surface area contributed by atoms with Crippen LogP contribution in [0.15, 0.2) is 47.5 Å². The van der Waals surface area contributed by atoms with E-state index in [0.717, 1.165) is 55.8 Å². The van der Waals surface area contributed by atoms with Crippen LogP contribution in [0.5, 0.6) is 0 Å². The quantitative estimate of drug-likeness (QED) is 0.435. The number of pyridine rings is 1. The normalized spacial score (nSPS) is 15.9. The van der Waals surface area contributed by atoms with Crippen molar-refractivity contribution in [3.63, 3.8) is 0 Å². The lowest BCUT2D eigenvalue weighted by Crippen LogP contribution is -2.23. The van der Waals surface area contributed by atoms with E-state index >= 15 is 0 Å². The second-order valence-electron chi connectivity index (χ2n) is 10.3. The van der Waals surface area contributed by atoms with Gasteiger partial charge >= 0.3 is 0 Å². The number of fused-ring (bicyclic) bond motifs is 2. The molecule has 35 heavy (non-hydrogen) atoms. The largest absolute Gasteiger partial charge is 0.324 e. The Kier molecular flexibility index (Phi) is 5.21. The number of hydrogen-bond donors (Lipinski definition) is 2. The van der Waals surface area contributed by atoms with Gasteiger partial charge in [-0.1, -0.05) is 26.8 Å². The summed E-state index contributed by atoms with van der Waals surface area (Å²) in [4.78, 5) is 27.4. The maximum Gasteiger partial charge on any atom is 0.278 e. The van der Waals surface area contributed by atoms with Crippen molar-refractivity contribution in [2.45, 2.75) is 64.5 Å². The van der Waals surface area contributed by atoms with Crippen molar-refractivity contribution in [2.75, 3.05) is 11.9 Å². The fraction of sp³-hybridized carbons (Fsp3) is 0.407. The van der Waals surface area contributed by atoms with Crippen LogP contribution in [0.3, 0.4) is 0 Å². The van der Waals surface area contributed by atoms with E-state index in [0.29, 0.717) is 17.0 Å². The van der Waals surface area contributed by atoms with Crippen molar-refractivity contribution in [2.24, 2.45) is 0 Å². The van der Waals surface area contributed by atoms with Gasteiger partial charge in [0.15, 0.2) is 5.65 Å². The van der Waals surface area contributed by atoms with Crippen LogP contribution in [0.2, 0.25) is 0 Å². The summed E-state index contributed by atoms with van der Waals surface area (Å²) in [7, 11) is 0. The van der Waals surface area contributed by atoms with Crippen LogP contribution in [0, 0.1) is 0 Å². The Morgan fingerprint density at radius 1 is 1.14 bits per heavy atom. The highest BCUT2D eigenvalue weighted by atomic mass is 16.1. The van der Waals surface area contributed by atoms with Gasteiger partial charge in [0.1, 0.15) is 5.39 Å². The smallest absolute Gasteiger partial charge is 0.278 e. The fourth-order valence-electron chi connectivity index (χ4n) is 4.75. The lowest BCUT2D eigenvalue weighted by Gasteiger charge is -2.23. The van der Waals surface area contributed by atoms with E-state index in [2.05, 4.69) is 65.6 Å². The average molecular weight is 470 g/mol. The predicted octanol–water partition coefficient (Wildman–Crippen LogP) is 4.39. The molecule has 3 aromatic heterocycles. The van der Waals surface area contributed by atoms with Gasteiger partial charge in [-0.2, -0.15) is 4.98 Å². The Labute approximate surface area is 204 Å². The van der Waals surface area contributed by atoms with E-state index in [1.807, 2.05) is 21.6 Å².